The fraction of sp³-hybridized carbons (Fsp3) is 0.160. The lowest BCUT2D eigenvalue weighted by Crippen LogP contribution is -2.07. The summed E-state index contributed by atoms with van der Waals surface area (Å²) in [7, 11) is 1.59. The molecule has 162 valence electrons. The lowest BCUT2D eigenvalue weighted by Gasteiger charge is -2.12. The monoisotopic (exact) mass is 448 g/mol. The van der Waals surface area contributed by atoms with Crippen LogP contribution in [0.25, 0.3) is 10.9 Å². The van der Waals surface area contributed by atoms with Gasteiger partial charge in [-0.3, -0.25) is 14.6 Å². The predicted octanol–water partition coefficient (Wildman–Crippen LogP) is 5.21. The van der Waals surface area contributed by atoms with Crippen LogP contribution in [0.15, 0.2) is 60.9 Å². The molecule has 0 radical (unpaired) electrons. The number of rotatable bonds is 6. The number of methoxy groups -OCH3 is 1. The molecular formula is C25H21ClN2O4. The lowest BCUT2D eigenvalue weighted by molar-refractivity contribution is -0.131. The van der Waals surface area contributed by atoms with Crippen LogP contribution < -0.4 is 9.47 Å². The Kier molecular flexibility index (Phi) is 5.97. The zero-order valence-corrected chi connectivity index (χ0v) is 18.6. The van der Waals surface area contributed by atoms with E-state index in [1.54, 1.807) is 62.0 Å². The summed E-state index contributed by atoms with van der Waals surface area (Å²) in [5.41, 5.74) is 3.58. The van der Waals surface area contributed by atoms with Gasteiger partial charge in [-0.05, 0) is 61.0 Å². The summed E-state index contributed by atoms with van der Waals surface area (Å²) in [6.07, 6.45) is 3.39. The van der Waals surface area contributed by atoms with Gasteiger partial charge in [0.1, 0.15) is 11.5 Å². The average Bonchev–Trinajstić information content (AvgIpc) is 3.06. The molecule has 0 aliphatic heterocycles. The molecule has 4 aromatic rings. The Hall–Kier alpha value is -3.64. The minimum absolute atomic E-state index is 0.0957. The molecule has 4 rings (SSSR count). The van der Waals surface area contributed by atoms with Crippen molar-refractivity contribution in [2.24, 2.45) is 0 Å². The normalized spacial score (nSPS) is 10.9. The summed E-state index contributed by atoms with van der Waals surface area (Å²) in [5, 5.41) is 1.30. The Morgan fingerprint density at radius 3 is 2.47 bits per heavy atom. The van der Waals surface area contributed by atoms with E-state index in [9.17, 15) is 9.59 Å². The van der Waals surface area contributed by atoms with Gasteiger partial charge in [0, 0.05) is 47.5 Å². The Balaban J connectivity index is 1.80. The van der Waals surface area contributed by atoms with Crippen molar-refractivity contribution in [1.82, 2.24) is 9.55 Å². The van der Waals surface area contributed by atoms with Crippen molar-refractivity contribution in [3.63, 3.8) is 0 Å². The second-order valence-corrected chi connectivity index (χ2v) is 7.75. The van der Waals surface area contributed by atoms with E-state index in [2.05, 4.69) is 4.98 Å². The number of carbonyl (C=O) groups excluding carboxylic acids is 2. The van der Waals surface area contributed by atoms with Crippen LogP contribution in [0, 0.1) is 6.92 Å². The van der Waals surface area contributed by atoms with Crippen molar-refractivity contribution in [3.05, 3.63) is 88.3 Å². The van der Waals surface area contributed by atoms with Crippen molar-refractivity contribution in [3.8, 4) is 11.5 Å². The third-order valence-electron chi connectivity index (χ3n) is 5.31. The van der Waals surface area contributed by atoms with Crippen LogP contribution in [0.3, 0.4) is 0 Å². The third kappa shape index (κ3) is 4.09. The molecule has 0 fully saturated rings. The molecule has 2 aromatic carbocycles. The van der Waals surface area contributed by atoms with E-state index in [0.29, 0.717) is 34.2 Å². The van der Waals surface area contributed by atoms with E-state index < -0.39 is 5.97 Å². The standard InChI is InChI=1S/C25H21ClN2O4/c1-15-24(25(30)17-4-6-19(31-3)7-5-17)21-13-27-11-10-23(21)28(15)14-18-12-20(32-16(2)29)8-9-22(18)26/h4-13H,14H2,1-3H3. The first-order chi connectivity index (χ1) is 15.4. The summed E-state index contributed by atoms with van der Waals surface area (Å²) < 4.78 is 12.4. The Morgan fingerprint density at radius 2 is 1.78 bits per heavy atom. The summed E-state index contributed by atoms with van der Waals surface area (Å²) in [6, 6.07) is 14.0. The number of pyridine rings is 1. The number of hydrogen-bond acceptors (Lipinski definition) is 5. The molecule has 0 amide bonds. The second-order valence-electron chi connectivity index (χ2n) is 7.34. The molecule has 0 unspecified atom stereocenters. The van der Waals surface area contributed by atoms with E-state index >= 15 is 0 Å². The van der Waals surface area contributed by atoms with Crippen LogP contribution in [0.1, 0.15) is 34.1 Å². The number of benzene rings is 2. The molecule has 7 heteroatoms. The molecule has 2 aromatic heterocycles. The quantitative estimate of drug-likeness (QED) is 0.230. The number of halogens is 1. The Bertz CT molecular complexity index is 1330. The predicted molar refractivity (Wildman–Crippen MR) is 123 cm³/mol. The highest BCUT2D eigenvalue weighted by molar-refractivity contribution is 6.31. The molecule has 0 N–H and O–H groups in total. The molecule has 0 saturated heterocycles. The van der Waals surface area contributed by atoms with Crippen LogP contribution in [0.4, 0.5) is 0 Å². The summed E-state index contributed by atoms with van der Waals surface area (Å²) >= 11 is 6.44. The largest absolute Gasteiger partial charge is 0.497 e. The first kappa shape index (κ1) is 21.6. The van der Waals surface area contributed by atoms with Gasteiger partial charge >= 0.3 is 5.97 Å². The Labute approximate surface area is 190 Å². The Morgan fingerprint density at radius 1 is 1.06 bits per heavy atom. The molecule has 32 heavy (non-hydrogen) atoms. The van der Waals surface area contributed by atoms with Crippen LogP contribution in [0.2, 0.25) is 5.02 Å². The van der Waals surface area contributed by atoms with Crippen LogP contribution in [-0.4, -0.2) is 28.4 Å². The lowest BCUT2D eigenvalue weighted by atomic mass is 10.0. The van der Waals surface area contributed by atoms with Crippen LogP contribution >= 0.6 is 11.6 Å². The highest BCUT2D eigenvalue weighted by Crippen LogP contribution is 2.31. The number of hydrogen-bond donors (Lipinski definition) is 0. The number of fused-ring (bicyclic) bond motifs is 1. The number of aromatic nitrogens is 2. The van der Waals surface area contributed by atoms with Crippen LogP contribution in [0.5, 0.6) is 11.5 Å². The maximum atomic E-state index is 13.4. The molecule has 0 atom stereocenters. The molecule has 0 aliphatic carbocycles. The topological polar surface area (TPSA) is 70.4 Å². The van der Waals surface area contributed by atoms with Gasteiger partial charge in [0.25, 0.3) is 0 Å². The van der Waals surface area contributed by atoms with Gasteiger partial charge in [-0.1, -0.05) is 11.6 Å². The van der Waals surface area contributed by atoms with Gasteiger partial charge in [-0.15, -0.1) is 0 Å². The fourth-order valence-electron chi connectivity index (χ4n) is 3.77. The molecule has 0 bridgehead atoms. The molecular weight excluding hydrogens is 428 g/mol. The number of esters is 1. The van der Waals surface area contributed by atoms with E-state index in [1.807, 2.05) is 17.6 Å². The number of ether oxygens (including phenoxy) is 2. The zero-order chi connectivity index (χ0) is 22.8. The van der Waals surface area contributed by atoms with Crippen molar-refractivity contribution in [2.75, 3.05) is 7.11 Å². The highest BCUT2D eigenvalue weighted by Gasteiger charge is 2.22. The van der Waals surface area contributed by atoms with Gasteiger partial charge in [0.15, 0.2) is 5.78 Å². The van der Waals surface area contributed by atoms with Crippen molar-refractivity contribution < 1.29 is 19.1 Å². The summed E-state index contributed by atoms with van der Waals surface area (Å²) in [5.74, 6) is 0.605. The summed E-state index contributed by atoms with van der Waals surface area (Å²) in [4.78, 5) is 29.0. The molecule has 2 heterocycles. The highest BCUT2D eigenvalue weighted by atomic mass is 35.5. The average molecular weight is 449 g/mol. The van der Waals surface area contributed by atoms with Gasteiger partial charge < -0.3 is 14.0 Å². The minimum atomic E-state index is -0.403. The maximum Gasteiger partial charge on any atom is 0.308 e. The zero-order valence-electron chi connectivity index (χ0n) is 17.9. The SMILES string of the molecule is COc1ccc(C(=O)c2c(C)n(Cc3cc(OC(C)=O)ccc3Cl)c3ccncc23)cc1. The second kappa shape index (κ2) is 8.85. The first-order valence-corrected chi connectivity index (χ1v) is 10.3. The fourth-order valence-corrected chi connectivity index (χ4v) is 3.95. The number of carbonyl (C=O) groups is 2. The minimum Gasteiger partial charge on any atom is -0.497 e. The number of ketones is 1. The first-order valence-electron chi connectivity index (χ1n) is 9.97. The smallest absolute Gasteiger partial charge is 0.308 e. The van der Waals surface area contributed by atoms with E-state index in [0.717, 1.165) is 22.2 Å². The maximum absolute atomic E-state index is 13.4. The third-order valence-corrected chi connectivity index (χ3v) is 5.68. The van der Waals surface area contributed by atoms with Gasteiger partial charge in [0.05, 0.1) is 18.2 Å². The summed E-state index contributed by atoms with van der Waals surface area (Å²) in [6.45, 7) is 3.65. The van der Waals surface area contributed by atoms with Crippen LogP contribution in [-0.2, 0) is 11.3 Å². The van der Waals surface area contributed by atoms with Crippen molar-refractivity contribution in [1.29, 1.82) is 0 Å². The van der Waals surface area contributed by atoms with Crippen molar-refractivity contribution in [2.45, 2.75) is 20.4 Å². The van der Waals surface area contributed by atoms with E-state index in [-0.39, 0.29) is 5.78 Å². The molecule has 0 aliphatic rings. The molecule has 0 spiro atoms. The molecule has 6 nitrogen and oxygen atoms in total. The van der Waals surface area contributed by atoms with Gasteiger partial charge in [0.2, 0.25) is 0 Å². The van der Waals surface area contributed by atoms with Crippen molar-refractivity contribution >= 4 is 34.3 Å². The van der Waals surface area contributed by atoms with E-state index in [4.69, 9.17) is 21.1 Å². The number of nitrogens with zero attached hydrogens (tertiary/aromatic N) is 2. The molecule has 0 saturated carbocycles. The van der Waals surface area contributed by atoms with Gasteiger partial charge in [-0.25, -0.2) is 0 Å². The van der Waals surface area contributed by atoms with Gasteiger partial charge in [-0.2, -0.15) is 0 Å². The van der Waals surface area contributed by atoms with E-state index in [1.165, 1.54) is 6.92 Å².